The Bertz CT molecular complexity index is 214. The Kier molecular flexibility index (Phi) is 4.22. The number of hydrogen-bond acceptors (Lipinski definition) is 3. The molecule has 2 unspecified atom stereocenters. The Morgan fingerprint density at radius 3 is 2.88 bits per heavy atom. The first-order chi connectivity index (χ1) is 7.79. The number of aliphatic hydroxyl groups is 1. The summed E-state index contributed by atoms with van der Waals surface area (Å²) in [6, 6.07) is 0.697. The van der Waals surface area contributed by atoms with E-state index in [1.54, 1.807) is 0 Å². The molecular formula is C13H26N2O. The van der Waals surface area contributed by atoms with Gasteiger partial charge < -0.3 is 15.3 Å². The van der Waals surface area contributed by atoms with E-state index in [0.29, 0.717) is 12.6 Å². The van der Waals surface area contributed by atoms with Gasteiger partial charge in [0.1, 0.15) is 0 Å². The lowest BCUT2D eigenvalue weighted by atomic mass is 9.83. The summed E-state index contributed by atoms with van der Waals surface area (Å²) < 4.78 is 0. The van der Waals surface area contributed by atoms with Crippen molar-refractivity contribution in [2.45, 2.75) is 57.0 Å². The Morgan fingerprint density at radius 2 is 2.25 bits per heavy atom. The Labute approximate surface area is 99.2 Å². The molecule has 2 saturated heterocycles. The Morgan fingerprint density at radius 1 is 1.38 bits per heavy atom. The molecule has 3 nitrogen and oxygen atoms in total. The van der Waals surface area contributed by atoms with Crippen LogP contribution in [0.2, 0.25) is 0 Å². The maximum absolute atomic E-state index is 9.68. The van der Waals surface area contributed by atoms with Crippen LogP contribution in [0, 0.1) is 0 Å². The molecule has 94 valence electrons. The maximum atomic E-state index is 9.68. The number of nitrogens with zero attached hydrogens (tertiary/aromatic N) is 1. The van der Waals surface area contributed by atoms with Crippen molar-refractivity contribution in [3.8, 4) is 0 Å². The van der Waals surface area contributed by atoms with E-state index in [1.165, 1.54) is 32.2 Å². The van der Waals surface area contributed by atoms with E-state index in [-0.39, 0.29) is 5.54 Å². The highest BCUT2D eigenvalue weighted by molar-refractivity contribution is 4.96. The van der Waals surface area contributed by atoms with Crippen molar-refractivity contribution in [1.82, 2.24) is 10.2 Å². The summed E-state index contributed by atoms with van der Waals surface area (Å²) in [6.07, 6.45) is 7.47. The Balaban J connectivity index is 1.94. The number of rotatable bonds is 4. The van der Waals surface area contributed by atoms with Crippen molar-refractivity contribution in [1.29, 1.82) is 0 Å². The normalized spacial score (nSPS) is 36.8. The Hall–Kier alpha value is -0.120. The third-order valence-corrected chi connectivity index (χ3v) is 4.42. The summed E-state index contributed by atoms with van der Waals surface area (Å²) in [6.45, 7) is 6.05. The molecule has 2 N–H and O–H groups in total. The highest BCUT2D eigenvalue weighted by atomic mass is 16.3. The third kappa shape index (κ3) is 2.58. The number of nitrogens with one attached hydrogen (secondary N) is 1. The minimum atomic E-state index is 0.0284. The number of aliphatic hydroxyl groups excluding tert-OH is 1. The van der Waals surface area contributed by atoms with Crippen LogP contribution in [0.25, 0.3) is 0 Å². The van der Waals surface area contributed by atoms with E-state index >= 15 is 0 Å². The smallest absolute Gasteiger partial charge is 0.0613 e. The molecule has 0 spiro atoms. The van der Waals surface area contributed by atoms with Crippen molar-refractivity contribution in [3.63, 3.8) is 0 Å². The SMILES string of the molecule is CCN1CCCC1CC1(CO)CCCCN1. The predicted molar refractivity (Wildman–Crippen MR) is 66.6 cm³/mol. The number of hydrogen-bond donors (Lipinski definition) is 2. The van der Waals surface area contributed by atoms with E-state index in [0.717, 1.165) is 25.9 Å². The van der Waals surface area contributed by atoms with Crippen LogP contribution < -0.4 is 5.32 Å². The first kappa shape index (κ1) is 12.3. The third-order valence-electron chi connectivity index (χ3n) is 4.42. The second kappa shape index (κ2) is 5.48. The van der Waals surface area contributed by atoms with Gasteiger partial charge in [-0.3, -0.25) is 0 Å². The van der Waals surface area contributed by atoms with Crippen molar-refractivity contribution < 1.29 is 5.11 Å². The quantitative estimate of drug-likeness (QED) is 0.760. The zero-order valence-electron chi connectivity index (χ0n) is 10.5. The fourth-order valence-corrected chi connectivity index (χ4v) is 3.40. The first-order valence-corrected chi connectivity index (χ1v) is 6.89. The summed E-state index contributed by atoms with van der Waals surface area (Å²) in [5.41, 5.74) is 0.0284. The second-order valence-electron chi connectivity index (χ2n) is 5.45. The predicted octanol–water partition coefficient (Wildman–Crippen LogP) is 1.37. The van der Waals surface area contributed by atoms with Crippen LogP contribution in [-0.4, -0.2) is 47.8 Å². The largest absolute Gasteiger partial charge is 0.394 e. The van der Waals surface area contributed by atoms with Crippen LogP contribution in [0.3, 0.4) is 0 Å². The number of likely N-dealkylation sites (tertiary alicyclic amines) is 1. The van der Waals surface area contributed by atoms with Gasteiger partial charge in [0.2, 0.25) is 0 Å². The molecule has 0 aromatic heterocycles. The van der Waals surface area contributed by atoms with Crippen LogP contribution in [0.5, 0.6) is 0 Å². The molecule has 0 aromatic carbocycles. The molecule has 2 aliphatic heterocycles. The van der Waals surface area contributed by atoms with Gasteiger partial charge in [0, 0.05) is 11.6 Å². The van der Waals surface area contributed by atoms with Crippen LogP contribution in [0.15, 0.2) is 0 Å². The molecule has 2 atom stereocenters. The molecule has 0 bridgehead atoms. The van der Waals surface area contributed by atoms with Gasteiger partial charge in [-0.15, -0.1) is 0 Å². The molecule has 2 fully saturated rings. The first-order valence-electron chi connectivity index (χ1n) is 6.89. The molecule has 0 amide bonds. The average Bonchev–Trinajstić information content (AvgIpc) is 2.77. The monoisotopic (exact) mass is 226 g/mol. The van der Waals surface area contributed by atoms with Crippen LogP contribution >= 0.6 is 0 Å². The lowest BCUT2D eigenvalue weighted by molar-refractivity contribution is 0.0935. The highest BCUT2D eigenvalue weighted by Crippen LogP contribution is 2.30. The van der Waals surface area contributed by atoms with E-state index in [4.69, 9.17) is 0 Å². The fourth-order valence-electron chi connectivity index (χ4n) is 3.40. The van der Waals surface area contributed by atoms with Crippen molar-refractivity contribution >= 4 is 0 Å². The molecule has 0 radical (unpaired) electrons. The molecule has 2 aliphatic rings. The van der Waals surface area contributed by atoms with Crippen LogP contribution in [0.1, 0.15) is 45.4 Å². The molecule has 2 rings (SSSR count). The lowest BCUT2D eigenvalue weighted by Gasteiger charge is -2.40. The summed E-state index contributed by atoms with van der Waals surface area (Å²) in [5.74, 6) is 0. The molecule has 3 heteroatoms. The van der Waals surface area contributed by atoms with E-state index in [1.807, 2.05) is 0 Å². The molecule has 16 heavy (non-hydrogen) atoms. The molecular weight excluding hydrogens is 200 g/mol. The fraction of sp³-hybridized carbons (Fsp3) is 1.00. The maximum Gasteiger partial charge on any atom is 0.0613 e. The number of piperidine rings is 1. The van der Waals surface area contributed by atoms with Crippen molar-refractivity contribution in [3.05, 3.63) is 0 Å². The van der Waals surface area contributed by atoms with Gasteiger partial charge in [0.15, 0.2) is 0 Å². The second-order valence-corrected chi connectivity index (χ2v) is 5.45. The van der Waals surface area contributed by atoms with Crippen LogP contribution in [0.4, 0.5) is 0 Å². The molecule has 0 aliphatic carbocycles. The highest BCUT2D eigenvalue weighted by Gasteiger charge is 2.36. The van der Waals surface area contributed by atoms with Gasteiger partial charge in [0.05, 0.1) is 6.61 Å². The molecule has 0 saturated carbocycles. The van der Waals surface area contributed by atoms with E-state index in [9.17, 15) is 5.11 Å². The summed E-state index contributed by atoms with van der Waals surface area (Å²) >= 11 is 0. The van der Waals surface area contributed by atoms with Gasteiger partial charge in [-0.05, 0) is 51.7 Å². The summed E-state index contributed by atoms with van der Waals surface area (Å²) in [5, 5.41) is 13.3. The van der Waals surface area contributed by atoms with E-state index < -0.39 is 0 Å². The van der Waals surface area contributed by atoms with Gasteiger partial charge in [0.25, 0.3) is 0 Å². The standard InChI is InChI=1S/C13H26N2O/c1-2-15-9-5-6-12(15)10-13(11-16)7-3-4-8-14-13/h12,14,16H,2-11H2,1H3. The minimum absolute atomic E-state index is 0.0284. The van der Waals surface area contributed by atoms with Crippen LogP contribution in [-0.2, 0) is 0 Å². The zero-order valence-corrected chi connectivity index (χ0v) is 10.5. The molecule has 2 heterocycles. The lowest BCUT2D eigenvalue weighted by Crippen LogP contribution is -2.54. The zero-order chi connectivity index (χ0) is 11.4. The molecule has 0 aromatic rings. The van der Waals surface area contributed by atoms with E-state index in [2.05, 4.69) is 17.1 Å². The summed E-state index contributed by atoms with van der Waals surface area (Å²) in [4.78, 5) is 2.58. The minimum Gasteiger partial charge on any atom is -0.394 e. The van der Waals surface area contributed by atoms with Gasteiger partial charge in [-0.25, -0.2) is 0 Å². The summed E-state index contributed by atoms with van der Waals surface area (Å²) in [7, 11) is 0. The average molecular weight is 226 g/mol. The van der Waals surface area contributed by atoms with Crippen molar-refractivity contribution in [2.24, 2.45) is 0 Å². The van der Waals surface area contributed by atoms with Gasteiger partial charge in [-0.2, -0.15) is 0 Å². The van der Waals surface area contributed by atoms with Crippen molar-refractivity contribution in [2.75, 3.05) is 26.2 Å². The van der Waals surface area contributed by atoms with Gasteiger partial charge >= 0.3 is 0 Å². The topological polar surface area (TPSA) is 35.5 Å². The van der Waals surface area contributed by atoms with Gasteiger partial charge in [-0.1, -0.05) is 13.3 Å².